The van der Waals surface area contributed by atoms with Crippen LogP contribution in [0.2, 0.25) is 0 Å². The monoisotopic (exact) mass is 437 g/mol. The van der Waals surface area contributed by atoms with Crippen molar-refractivity contribution in [1.82, 2.24) is 4.90 Å². The van der Waals surface area contributed by atoms with Gasteiger partial charge in [0.2, 0.25) is 11.3 Å². The van der Waals surface area contributed by atoms with E-state index in [1.165, 1.54) is 44.1 Å². The van der Waals surface area contributed by atoms with Crippen molar-refractivity contribution in [2.45, 2.75) is 104 Å². The number of Topliss-reactive ketones (excluding diaryl/α,β-unsaturated/α-hetero) is 1. The molecule has 7 nitrogen and oxygen atoms in total. The predicted octanol–water partition coefficient (Wildman–Crippen LogP) is 4.44. The van der Waals surface area contributed by atoms with Gasteiger partial charge in [-0.2, -0.15) is 0 Å². The number of ether oxygens (including phenoxy) is 2. The second-order valence-corrected chi connectivity index (χ2v) is 9.79. The molecule has 2 rings (SSSR count). The number of esters is 1. The number of amides is 1. The first kappa shape index (κ1) is 25.4. The molecule has 0 bridgehead atoms. The van der Waals surface area contributed by atoms with Crippen LogP contribution >= 0.6 is 0 Å². The van der Waals surface area contributed by atoms with Crippen LogP contribution in [0, 0.1) is 5.41 Å². The summed E-state index contributed by atoms with van der Waals surface area (Å²) in [6, 6.07) is 0. The molecule has 0 aromatic heterocycles. The predicted molar refractivity (Wildman–Crippen MR) is 117 cm³/mol. The van der Waals surface area contributed by atoms with Gasteiger partial charge in [-0.05, 0) is 6.42 Å². The number of aliphatic hydroxyl groups excluding tert-OH is 1. The smallest absolute Gasteiger partial charge is 0.342 e. The highest BCUT2D eigenvalue weighted by molar-refractivity contribution is 6.35. The maximum Gasteiger partial charge on any atom is 0.342 e. The van der Waals surface area contributed by atoms with E-state index in [0.29, 0.717) is 6.42 Å². The molecule has 2 aliphatic rings. The average molecular weight is 438 g/mol. The number of aliphatic hydroxyl groups is 1. The number of ketones is 1. The number of methoxy groups -OCH3 is 1. The molecule has 0 unspecified atom stereocenters. The van der Waals surface area contributed by atoms with E-state index in [1.807, 2.05) is 20.8 Å². The molecular weight excluding hydrogens is 398 g/mol. The minimum absolute atomic E-state index is 0.233. The van der Waals surface area contributed by atoms with Crippen molar-refractivity contribution < 1.29 is 29.0 Å². The van der Waals surface area contributed by atoms with Gasteiger partial charge in [0.25, 0.3) is 5.91 Å². The summed E-state index contributed by atoms with van der Waals surface area (Å²) in [5.41, 5.74) is -2.65. The molecule has 2 heterocycles. The van der Waals surface area contributed by atoms with E-state index < -0.39 is 34.8 Å². The van der Waals surface area contributed by atoms with Crippen molar-refractivity contribution in [3.05, 3.63) is 11.3 Å². The van der Waals surface area contributed by atoms with Gasteiger partial charge in [0.1, 0.15) is 17.6 Å². The third kappa shape index (κ3) is 5.13. The first-order valence-electron chi connectivity index (χ1n) is 11.6. The Balaban J connectivity index is 2.06. The van der Waals surface area contributed by atoms with Gasteiger partial charge in [-0.25, -0.2) is 4.79 Å². The number of unbranched alkanes of at least 4 members (excludes halogenated alkanes) is 8. The average Bonchev–Trinajstić information content (AvgIpc) is 3.22. The van der Waals surface area contributed by atoms with E-state index in [9.17, 15) is 19.5 Å². The molecule has 0 aromatic carbocycles. The zero-order valence-corrected chi connectivity index (χ0v) is 19.8. The van der Waals surface area contributed by atoms with E-state index >= 15 is 0 Å². The summed E-state index contributed by atoms with van der Waals surface area (Å²) in [6.45, 7) is 7.54. The van der Waals surface area contributed by atoms with Gasteiger partial charge >= 0.3 is 5.97 Å². The van der Waals surface area contributed by atoms with Crippen molar-refractivity contribution >= 4 is 17.7 Å². The van der Waals surface area contributed by atoms with Crippen LogP contribution in [0.4, 0.5) is 0 Å². The Kier molecular flexibility index (Phi) is 8.69. The minimum atomic E-state index is -1.84. The zero-order chi connectivity index (χ0) is 23.2. The second kappa shape index (κ2) is 10.6. The highest BCUT2D eigenvalue weighted by Gasteiger charge is 2.69. The number of carbonyl (C=O) groups is 3. The molecule has 0 saturated carbocycles. The van der Waals surface area contributed by atoms with Gasteiger partial charge < -0.3 is 14.6 Å². The normalized spacial score (nSPS) is 25.2. The van der Waals surface area contributed by atoms with Gasteiger partial charge in [0, 0.05) is 11.8 Å². The molecule has 31 heavy (non-hydrogen) atoms. The number of fused-ring (bicyclic) bond motifs is 1. The van der Waals surface area contributed by atoms with Crippen LogP contribution in [0.25, 0.3) is 0 Å². The number of hydrogen-bond donors (Lipinski definition) is 1. The molecule has 0 aromatic rings. The maximum absolute atomic E-state index is 13.2. The van der Waals surface area contributed by atoms with Gasteiger partial charge in [-0.3, -0.25) is 14.5 Å². The van der Waals surface area contributed by atoms with E-state index in [1.54, 1.807) is 0 Å². The van der Waals surface area contributed by atoms with Crippen molar-refractivity contribution in [1.29, 1.82) is 0 Å². The van der Waals surface area contributed by atoms with Crippen molar-refractivity contribution in [2.75, 3.05) is 13.7 Å². The molecule has 2 saturated heterocycles. The molecule has 1 N–H and O–H groups in total. The lowest BCUT2D eigenvalue weighted by atomic mass is 9.90. The molecular formula is C24H39NO6. The number of nitrogens with zero attached hydrogens (tertiary/aromatic N) is 1. The number of rotatable bonds is 11. The lowest BCUT2D eigenvalue weighted by Crippen LogP contribution is -2.57. The number of allylic oxidation sites excluding steroid dienone is 1. The fourth-order valence-corrected chi connectivity index (χ4v) is 4.46. The van der Waals surface area contributed by atoms with Crippen LogP contribution in [0.3, 0.4) is 0 Å². The summed E-state index contributed by atoms with van der Waals surface area (Å²) in [6.07, 6.45) is 9.60. The molecule has 2 atom stereocenters. The standard InChI is InChI=1S/C24H39NO6/c1-6-7-8-9-10-11-12-13-14-15-17(26)18-19(27)24(22(29)30-5)16-31-21(23(2,3)4)25(24)20(18)28/h21,26H,6-16H2,1-5H3/b18-17-/t21-,24-/m0/s1. The molecule has 1 amide bonds. The third-order valence-electron chi connectivity index (χ3n) is 6.20. The molecule has 0 spiro atoms. The first-order chi connectivity index (χ1) is 14.6. The van der Waals surface area contributed by atoms with Crippen LogP contribution in [0.15, 0.2) is 11.3 Å². The minimum Gasteiger partial charge on any atom is -0.511 e. The van der Waals surface area contributed by atoms with Gasteiger partial charge in [0.05, 0.1) is 13.7 Å². The number of carbonyl (C=O) groups excluding carboxylic acids is 3. The van der Waals surface area contributed by atoms with Crippen LogP contribution < -0.4 is 0 Å². The quantitative estimate of drug-likeness (QED) is 0.128. The Labute approximate surface area is 186 Å². The van der Waals surface area contributed by atoms with Crippen molar-refractivity contribution in [3.63, 3.8) is 0 Å². The maximum atomic E-state index is 13.2. The topological polar surface area (TPSA) is 93.1 Å². The van der Waals surface area contributed by atoms with Crippen LogP contribution in [0.1, 0.15) is 91.9 Å². The Morgan fingerprint density at radius 2 is 1.65 bits per heavy atom. The summed E-state index contributed by atoms with van der Waals surface area (Å²) in [7, 11) is 1.18. The van der Waals surface area contributed by atoms with Crippen LogP contribution in [-0.2, 0) is 23.9 Å². The van der Waals surface area contributed by atoms with E-state index in [-0.39, 0.29) is 24.4 Å². The lowest BCUT2D eigenvalue weighted by Gasteiger charge is -2.35. The molecule has 2 aliphatic heterocycles. The highest BCUT2D eigenvalue weighted by atomic mass is 16.6. The Bertz CT molecular complexity index is 707. The Morgan fingerprint density at radius 1 is 1.10 bits per heavy atom. The summed E-state index contributed by atoms with van der Waals surface area (Å²) in [5, 5.41) is 10.6. The Hall–Kier alpha value is -1.89. The zero-order valence-electron chi connectivity index (χ0n) is 19.8. The first-order valence-corrected chi connectivity index (χ1v) is 11.6. The van der Waals surface area contributed by atoms with E-state index in [0.717, 1.165) is 19.3 Å². The molecule has 2 fully saturated rings. The summed E-state index contributed by atoms with van der Waals surface area (Å²) in [4.78, 5) is 40.2. The van der Waals surface area contributed by atoms with Gasteiger partial charge in [-0.15, -0.1) is 0 Å². The second-order valence-electron chi connectivity index (χ2n) is 9.79. The van der Waals surface area contributed by atoms with E-state index in [2.05, 4.69) is 6.92 Å². The highest BCUT2D eigenvalue weighted by Crippen LogP contribution is 2.45. The lowest BCUT2D eigenvalue weighted by molar-refractivity contribution is -0.160. The van der Waals surface area contributed by atoms with Gasteiger partial charge in [0.15, 0.2) is 0 Å². The van der Waals surface area contributed by atoms with Gasteiger partial charge in [-0.1, -0.05) is 79.1 Å². The SMILES string of the molecule is CCCCCCCCCCC/C(O)=C1/C(=O)N2[C@H](C(C)(C)C)OC[C@@]2(C(=O)OC)C1=O. The fourth-order valence-electron chi connectivity index (χ4n) is 4.46. The van der Waals surface area contributed by atoms with Crippen molar-refractivity contribution in [3.8, 4) is 0 Å². The number of hydrogen-bond acceptors (Lipinski definition) is 6. The van der Waals surface area contributed by atoms with Crippen molar-refractivity contribution in [2.24, 2.45) is 5.41 Å². The Morgan fingerprint density at radius 3 is 2.16 bits per heavy atom. The molecule has 0 radical (unpaired) electrons. The molecule has 7 heteroatoms. The fraction of sp³-hybridized carbons (Fsp3) is 0.792. The molecule has 0 aliphatic carbocycles. The summed E-state index contributed by atoms with van der Waals surface area (Å²) in [5.74, 6) is -2.43. The van der Waals surface area contributed by atoms with Crippen LogP contribution in [-0.4, -0.2) is 53.1 Å². The summed E-state index contributed by atoms with van der Waals surface area (Å²) < 4.78 is 10.6. The largest absolute Gasteiger partial charge is 0.511 e. The molecule has 176 valence electrons. The van der Waals surface area contributed by atoms with Crippen LogP contribution in [0.5, 0.6) is 0 Å². The summed E-state index contributed by atoms with van der Waals surface area (Å²) >= 11 is 0. The third-order valence-corrected chi connectivity index (χ3v) is 6.20. The van der Waals surface area contributed by atoms with E-state index in [4.69, 9.17) is 9.47 Å².